The molecule has 0 heterocycles. The highest BCUT2D eigenvalue weighted by Crippen LogP contribution is 2.25. The van der Waals surface area contributed by atoms with E-state index in [2.05, 4.69) is 0 Å². The monoisotopic (exact) mass is 350 g/mol. The van der Waals surface area contributed by atoms with E-state index in [1.165, 1.54) is 23.9 Å². The fourth-order valence-corrected chi connectivity index (χ4v) is 3.88. The zero-order chi connectivity index (χ0) is 17.0. The molecule has 0 saturated heterocycles. The van der Waals surface area contributed by atoms with E-state index in [9.17, 15) is 13.2 Å². The number of hydrogen-bond donors (Lipinski definition) is 1. The van der Waals surface area contributed by atoms with Gasteiger partial charge in [0.25, 0.3) is 10.0 Å². The van der Waals surface area contributed by atoms with Crippen LogP contribution in [0, 0.1) is 6.92 Å². The van der Waals surface area contributed by atoms with Gasteiger partial charge in [-0.25, -0.2) is 8.42 Å². The van der Waals surface area contributed by atoms with Gasteiger partial charge < -0.3 is 5.73 Å². The fraction of sp³-hybridized carbons (Fsp3) is 0.188. The Bertz CT molecular complexity index is 785. The average Bonchev–Trinajstić information content (AvgIpc) is 2.53. The van der Waals surface area contributed by atoms with E-state index in [0.29, 0.717) is 5.69 Å². The zero-order valence-corrected chi connectivity index (χ0v) is 14.5. The highest BCUT2D eigenvalue weighted by Gasteiger charge is 2.26. The zero-order valence-electron chi connectivity index (χ0n) is 12.9. The quantitative estimate of drug-likeness (QED) is 0.811. The summed E-state index contributed by atoms with van der Waals surface area (Å²) in [4.78, 5) is 12.4. The Morgan fingerprint density at radius 2 is 1.65 bits per heavy atom. The minimum atomic E-state index is -3.86. The Kier molecular flexibility index (Phi) is 5.33. The summed E-state index contributed by atoms with van der Waals surface area (Å²) >= 11 is 1.52. The van der Waals surface area contributed by atoms with Gasteiger partial charge >= 0.3 is 0 Å². The standard InChI is InChI=1S/C16H18N2O3S2/c1-12-3-5-13(6-4-12)18(11-16(17)19)23(20,21)15-9-7-14(22-2)8-10-15/h3-10H,11H2,1-2H3,(H2,17,19). The Hall–Kier alpha value is -1.99. The van der Waals surface area contributed by atoms with Gasteiger partial charge in [-0.3, -0.25) is 9.10 Å². The molecule has 1 amide bonds. The van der Waals surface area contributed by atoms with Crippen LogP contribution in [0.5, 0.6) is 0 Å². The molecule has 0 aliphatic heterocycles. The molecule has 2 rings (SSSR count). The largest absolute Gasteiger partial charge is 0.368 e. The first-order valence-corrected chi connectivity index (χ1v) is 9.53. The van der Waals surface area contributed by atoms with Crippen molar-refractivity contribution >= 4 is 33.4 Å². The summed E-state index contributed by atoms with van der Waals surface area (Å²) in [5, 5.41) is 0. The van der Waals surface area contributed by atoms with Crippen molar-refractivity contribution in [3.8, 4) is 0 Å². The molecule has 23 heavy (non-hydrogen) atoms. The maximum Gasteiger partial charge on any atom is 0.264 e. The number of thioether (sulfide) groups is 1. The van der Waals surface area contributed by atoms with E-state index < -0.39 is 22.5 Å². The van der Waals surface area contributed by atoms with E-state index in [-0.39, 0.29) is 4.90 Å². The van der Waals surface area contributed by atoms with Gasteiger partial charge in [-0.15, -0.1) is 11.8 Å². The molecule has 2 aromatic rings. The molecule has 0 atom stereocenters. The summed E-state index contributed by atoms with van der Waals surface area (Å²) in [5.74, 6) is -0.713. The minimum absolute atomic E-state index is 0.122. The molecule has 0 unspecified atom stereocenters. The van der Waals surface area contributed by atoms with Crippen LogP contribution < -0.4 is 10.0 Å². The molecule has 0 radical (unpaired) electrons. The molecule has 0 bridgehead atoms. The second-order valence-electron chi connectivity index (χ2n) is 4.99. The third-order valence-corrected chi connectivity index (χ3v) is 5.80. The lowest BCUT2D eigenvalue weighted by atomic mass is 10.2. The molecule has 0 saturated carbocycles. The van der Waals surface area contributed by atoms with Crippen LogP contribution in [0.25, 0.3) is 0 Å². The topological polar surface area (TPSA) is 80.5 Å². The lowest BCUT2D eigenvalue weighted by Gasteiger charge is -2.23. The van der Waals surface area contributed by atoms with Gasteiger partial charge in [-0.05, 0) is 49.6 Å². The maximum atomic E-state index is 12.9. The predicted octanol–water partition coefficient (Wildman–Crippen LogP) is 2.40. The second kappa shape index (κ2) is 7.06. The van der Waals surface area contributed by atoms with E-state index >= 15 is 0 Å². The van der Waals surface area contributed by atoms with Crippen LogP contribution in [0.2, 0.25) is 0 Å². The van der Waals surface area contributed by atoms with E-state index in [4.69, 9.17) is 5.73 Å². The third kappa shape index (κ3) is 4.05. The number of nitrogens with two attached hydrogens (primary N) is 1. The van der Waals surface area contributed by atoms with E-state index in [0.717, 1.165) is 14.8 Å². The van der Waals surface area contributed by atoms with Crippen LogP contribution >= 0.6 is 11.8 Å². The SMILES string of the molecule is CSc1ccc(S(=O)(=O)N(CC(N)=O)c2ccc(C)cc2)cc1. The first kappa shape index (κ1) is 17.4. The summed E-state index contributed by atoms with van der Waals surface area (Å²) in [6.07, 6.45) is 1.91. The van der Waals surface area contributed by atoms with Crippen molar-refractivity contribution in [2.75, 3.05) is 17.1 Å². The average molecular weight is 350 g/mol. The van der Waals surface area contributed by atoms with E-state index in [1.54, 1.807) is 36.4 Å². The molecule has 7 heteroatoms. The molecule has 0 aliphatic carbocycles. The van der Waals surface area contributed by atoms with Gasteiger partial charge in [0, 0.05) is 4.90 Å². The number of carbonyl (C=O) groups excluding carboxylic acids is 1. The number of nitrogens with zero attached hydrogens (tertiary/aromatic N) is 1. The Morgan fingerprint density at radius 1 is 1.09 bits per heavy atom. The summed E-state index contributed by atoms with van der Waals surface area (Å²) < 4.78 is 26.8. The van der Waals surface area contributed by atoms with Crippen LogP contribution in [-0.4, -0.2) is 27.1 Å². The molecule has 0 spiro atoms. The Morgan fingerprint density at radius 3 is 2.13 bits per heavy atom. The Labute approximate surface area is 140 Å². The molecular weight excluding hydrogens is 332 g/mol. The number of anilines is 1. The van der Waals surface area contributed by atoms with Crippen molar-refractivity contribution in [3.05, 3.63) is 54.1 Å². The predicted molar refractivity (Wildman–Crippen MR) is 93.1 cm³/mol. The normalized spacial score (nSPS) is 11.2. The van der Waals surface area contributed by atoms with Crippen molar-refractivity contribution in [3.63, 3.8) is 0 Å². The van der Waals surface area contributed by atoms with Crippen LogP contribution in [0.3, 0.4) is 0 Å². The lowest BCUT2D eigenvalue weighted by Crippen LogP contribution is -2.38. The van der Waals surface area contributed by atoms with Crippen LogP contribution in [-0.2, 0) is 14.8 Å². The van der Waals surface area contributed by atoms with Crippen molar-refractivity contribution in [2.45, 2.75) is 16.7 Å². The lowest BCUT2D eigenvalue weighted by molar-refractivity contribution is -0.116. The van der Waals surface area contributed by atoms with Crippen LogP contribution in [0.1, 0.15) is 5.56 Å². The number of sulfonamides is 1. The maximum absolute atomic E-state index is 12.9. The molecule has 2 N–H and O–H groups in total. The van der Waals surface area contributed by atoms with Gasteiger partial charge in [0.15, 0.2) is 0 Å². The van der Waals surface area contributed by atoms with E-state index in [1.807, 2.05) is 13.2 Å². The third-order valence-electron chi connectivity index (χ3n) is 3.27. The summed E-state index contributed by atoms with van der Waals surface area (Å²) in [6.45, 7) is 1.49. The molecule has 5 nitrogen and oxygen atoms in total. The highest BCUT2D eigenvalue weighted by atomic mass is 32.2. The first-order chi connectivity index (χ1) is 10.8. The fourth-order valence-electron chi connectivity index (χ4n) is 2.04. The Balaban J connectivity index is 2.47. The molecule has 2 aromatic carbocycles. The second-order valence-corrected chi connectivity index (χ2v) is 7.73. The molecule has 0 fully saturated rings. The summed E-state index contributed by atoms with van der Waals surface area (Å²) in [5.41, 5.74) is 6.63. The van der Waals surface area contributed by atoms with Gasteiger partial charge in [0.1, 0.15) is 6.54 Å². The summed E-state index contributed by atoms with van der Waals surface area (Å²) in [7, 11) is -3.86. The molecule has 0 aromatic heterocycles. The first-order valence-electron chi connectivity index (χ1n) is 6.86. The number of hydrogen-bond acceptors (Lipinski definition) is 4. The van der Waals surface area contributed by atoms with Gasteiger partial charge in [-0.1, -0.05) is 17.7 Å². The number of carbonyl (C=O) groups is 1. The smallest absolute Gasteiger partial charge is 0.264 e. The summed E-state index contributed by atoms with van der Waals surface area (Å²) in [6, 6.07) is 13.4. The van der Waals surface area contributed by atoms with Gasteiger partial charge in [0.05, 0.1) is 10.6 Å². The van der Waals surface area contributed by atoms with Gasteiger partial charge in [-0.2, -0.15) is 0 Å². The van der Waals surface area contributed by atoms with Crippen molar-refractivity contribution in [2.24, 2.45) is 5.73 Å². The molecular formula is C16H18N2O3S2. The van der Waals surface area contributed by atoms with Gasteiger partial charge in [0.2, 0.25) is 5.91 Å². The number of amides is 1. The van der Waals surface area contributed by atoms with Crippen LogP contribution in [0.4, 0.5) is 5.69 Å². The van der Waals surface area contributed by atoms with Crippen molar-refractivity contribution < 1.29 is 13.2 Å². The number of primary amides is 1. The number of rotatable bonds is 6. The van der Waals surface area contributed by atoms with Crippen molar-refractivity contribution in [1.82, 2.24) is 0 Å². The van der Waals surface area contributed by atoms with Crippen LogP contribution in [0.15, 0.2) is 58.3 Å². The molecule has 0 aliphatic rings. The number of aryl methyl sites for hydroxylation is 1. The molecule has 122 valence electrons. The highest BCUT2D eigenvalue weighted by molar-refractivity contribution is 7.98. The minimum Gasteiger partial charge on any atom is -0.368 e. The number of benzene rings is 2. The van der Waals surface area contributed by atoms with Crippen molar-refractivity contribution in [1.29, 1.82) is 0 Å².